The molecule has 120 valence electrons. The van der Waals surface area contributed by atoms with Crippen LogP contribution in [0.15, 0.2) is 53.4 Å². The van der Waals surface area contributed by atoms with Crippen LogP contribution in [0.2, 0.25) is 0 Å². The highest BCUT2D eigenvalue weighted by molar-refractivity contribution is 7.87. The van der Waals surface area contributed by atoms with Crippen LogP contribution in [-0.2, 0) is 10.1 Å². The van der Waals surface area contributed by atoms with Gasteiger partial charge in [0.15, 0.2) is 11.5 Å². The first-order valence-electron chi connectivity index (χ1n) is 6.36. The van der Waals surface area contributed by atoms with E-state index in [0.29, 0.717) is 0 Å². The van der Waals surface area contributed by atoms with E-state index in [4.69, 9.17) is 9.92 Å². The minimum atomic E-state index is -4.24. The number of rotatable bonds is 6. The number of Topliss-reactive ketones (excluding diaryl/α,β-unsaturated/α-hetero) is 1. The minimum absolute atomic E-state index is 0.0421. The average molecular weight is 336 g/mol. The van der Waals surface area contributed by atoms with E-state index in [1.165, 1.54) is 18.2 Å². The Morgan fingerprint density at radius 2 is 1.74 bits per heavy atom. The molecular formula is C14H12N2O6S. The lowest BCUT2D eigenvalue weighted by molar-refractivity contribution is -0.384. The summed E-state index contributed by atoms with van der Waals surface area (Å²) < 4.78 is 29.4. The van der Waals surface area contributed by atoms with Crippen molar-refractivity contribution in [3.8, 4) is 5.75 Å². The molecule has 2 N–H and O–H groups in total. The van der Waals surface area contributed by atoms with Crippen molar-refractivity contribution in [2.45, 2.75) is 4.90 Å². The fourth-order valence-electron chi connectivity index (χ4n) is 1.78. The second kappa shape index (κ2) is 6.55. The van der Waals surface area contributed by atoms with Gasteiger partial charge in [-0.15, -0.1) is 0 Å². The number of nitrogens with two attached hydrogens (primary N) is 1. The van der Waals surface area contributed by atoms with Crippen molar-refractivity contribution < 1.29 is 22.3 Å². The Labute approximate surface area is 131 Å². The Balaban J connectivity index is 2.35. The summed E-state index contributed by atoms with van der Waals surface area (Å²) in [5.41, 5.74) is 5.07. The smallest absolute Gasteiger partial charge is 0.339 e. The lowest BCUT2D eigenvalue weighted by atomic mass is 10.1. The summed E-state index contributed by atoms with van der Waals surface area (Å²) in [6, 6.07) is 9.99. The normalized spacial score (nSPS) is 11.0. The fraction of sp³-hybridized carbons (Fsp3) is 0.0714. The van der Waals surface area contributed by atoms with E-state index in [9.17, 15) is 23.3 Å². The highest BCUT2D eigenvalue weighted by Crippen LogP contribution is 2.24. The second-order valence-corrected chi connectivity index (χ2v) is 5.96. The van der Waals surface area contributed by atoms with Crippen molar-refractivity contribution in [1.29, 1.82) is 0 Å². The number of carbonyl (C=O) groups excluding carboxylic acids is 1. The Kier molecular flexibility index (Phi) is 4.72. The standard InChI is InChI=1S/C14H12N2O6S/c15-9-13(17)12-3-1-2-4-14(12)22-23(20,21)11-7-5-10(6-8-11)16(18)19/h1-8H,9,15H2. The van der Waals surface area contributed by atoms with Crippen LogP contribution in [0, 0.1) is 10.1 Å². The number of nitro groups is 1. The Bertz CT molecular complexity index is 846. The van der Waals surface area contributed by atoms with Crippen molar-refractivity contribution in [3.63, 3.8) is 0 Å². The molecule has 0 saturated carbocycles. The van der Waals surface area contributed by atoms with Crippen LogP contribution in [-0.4, -0.2) is 25.7 Å². The van der Waals surface area contributed by atoms with Gasteiger partial charge in [0, 0.05) is 12.1 Å². The molecule has 0 aliphatic rings. The number of carbonyl (C=O) groups is 1. The van der Waals surface area contributed by atoms with Crippen molar-refractivity contribution in [2.75, 3.05) is 6.54 Å². The predicted molar refractivity (Wildman–Crippen MR) is 80.7 cm³/mol. The zero-order chi connectivity index (χ0) is 17.0. The Hall–Kier alpha value is -2.78. The summed E-state index contributed by atoms with van der Waals surface area (Å²) in [4.78, 5) is 21.4. The van der Waals surface area contributed by atoms with Gasteiger partial charge in [0.25, 0.3) is 5.69 Å². The predicted octanol–water partition coefficient (Wildman–Crippen LogP) is 1.50. The fourth-order valence-corrected chi connectivity index (χ4v) is 2.73. The number of hydrogen-bond acceptors (Lipinski definition) is 7. The van der Waals surface area contributed by atoms with Crippen LogP contribution in [0.25, 0.3) is 0 Å². The summed E-state index contributed by atoms with van der Waals surface area (Å²) in [6.45, 7) is -0.294. The Morgan fingerprint density at radius 1 is 1.13 bits per heavy atom. The van der Waals surface area contributed by atoms with Gasteiger partial charge >= 0.3 is 10.1 Å². The molecule has 0 fully saturated rings. The number of hydrogen-bond donors (Lipinski definition) is 1. The van der Waals surface area contributed by atoms with E-state index in [2.05, 4.69) is 0 Å². The van der Waals surface area contributed by atoms with Gasteiger partial charge in [0.2, 0.25) is 0 Å². The third-order valence-corrected chi connectivity index (χ3v) is 4.16. The third-order valence-electron chi connectivity index (χ3n) is 2.91. The monoisotopic (exact) mass is 336 g/mol. The zero-order valence-electron chi connectivity index (χ0n) is 11.7. The first kappa shape index (κ1) is 16.6. The van der Waals surface area contributed by atoms with Gasteiger partial charge in [0.05, 0.1) is 17.0 Å². The Morgan fingerprint density at radius 3 is 2.30 bits per heavy atom. The number of nitrogens with zero attached hydrogens (tertiary/aromatic N) is 1. The van der Waals surface area contributed by atoms with E-state index >= 15 is 0 Å². The SMILES string of the molecule is NCC(=O)c1ccccc1OS(=O)(=O)c1ccc([N+](=O)[O-])cc1. The number of nitro benzene ring substituents is 1. The molecule has 0 unspecified atom stereocenters. The maximum Gasteiger partial charge on any atom is 0.339 e. The van der Waals surface area contributed by atoms with E-state index in [-0.39, 0.29) is 28.4 Å². The minimum Gasteiger partial charge on any atom is -0.378 e. The highest BCUT2D eigenvalue weighted by Gasteiger charge is 2.21. The molecule has 0 aliphatic heterocycles. The molecule has 0 spiro atoms. The summed E-state index contributed by atoms with van der Waals surface area (Å²) in [6.07, 6.45) is 0. The quantitative estimate of drug-likeness (QED) is 0.366. The topological polar surface area (TPSA) is 130 Å². The average Bonchev–Trinajstić information content (AvgIpc) is 2.54. The summed E-state index contributed by atoms with van der Waals surface area (Å²) in [5.74, 6) is -0.624. The summed E-state index contributed by atoms with van der Waals surface area (Å²) in [7, 11) is -4.24. The molecule has 2 aromatic rings. The van der Waals surface area contributed by atoms with E-state index in [0.717, 1.165) is 24.3 Å². The van der Waals surface area contributed by atoms with Crippen LogP contribution in [0.3, 0.4) is 0 Å². The lowest BCUT2D eigenvalue weighted by Crippen LogP contribution is -2.17. The van der Waals surface area contributed by atoms with Gasteiger partial charge in [-0.25, -0.2) is 0 Å². The summed E-state index contributed by atoms with van der Waals surface area (Å²) >= 11 is 0. The molecule has 9 heteroatoms. The largest absolute Gasteiger partial charge is 0.378 e. The number of para-hydroxylation sites is 1. The van der Waals surface area contributed by atoms with E-state index < -0.39 is 20.8 Å². The summed E-state index contributed by atoms with van der Waals surface area (Å²) in [5, 5.41) is 10.6. The number of non-ortho nitro benzene ring substituents is 1. The van der Waals surface area contributed by atoms with Gasteiger partial charge in [0.1, 0.15) is 4.90 Å². The maximum atomic E-state index is 12.2. The molecular weight excluding hydrogens is 324 g/mol. The van der Waals surface area contributed by atoms with Crippen molar-refractivity contribution in [1.82, 2.24) is 0 Å². The molecule has 23 heavy (non-hydrogen) atoms. The highest BCUT2D eigenvalue weighted by atomic mass is 32.2. The molecule has 0 bridgehead atoms. The lowest BCUT2D eigenvalue weighted by Gasteiger charge is -2.10. The molecule has 0 radical (unpaired) electrons. The molecule has 0 amide bonds. The number of benzene rings is 2. The van der Waals surface area contributed by atoms with Gasteiger partial charge in [-0.2, -0.15) is 8.42 Å². The first-order chi connectivity index (χ1) is 10.8. The molecule has 0 aliphatic carbocycles. The number of ketones is 1. The molecule has 8 nitrogen and oxygen atoms in total. The molecule has 0 aromatic heterocycles. The van der Waals surface area contributed by atoms with E-state index in [1.807, 2.05) is 0 Å². The van der Waals surface area contributed by atoms with Crippen molar-refractivity contribution >= 4 is 21.6 Å². The van der Waals surface area contributed by atoms with Crippen LogP contribution in [0.1, 0.15) is 10.4 Å². The van der Waals surface area contributed by atoms with E-state index in [1.54, 1.807) is 6.07 Å². The van der Waals surface area contributed by atoms with Crippen LogP contribution >= 0.6 is 0 Å². The zero-order valence-corrected chi connectivity index (χ0v) is 12.5. The van der Waals surface area contributed by atoms with Crippen LogP contribution in [0.4, 0.5) is 5.69 Å². The molecule has 0 saturated heterocycles. The first-order valence-corrected chi connectivity index (χ1v) is 7.77. The van der Waals surface area contributed by atoms with Gasteiger partial charge in [-0.3, -0.25) is 14.9 Å². The van der Waals surface area contributed by atoms with Crippen LogP contribution in [0.5, 0.6) is 5.75 Å². The van der Waals surface area contributed by atoms with Crippen molar-refractivity contribution in [2.24, 2.45) is 5.73 Å². The molecule has 2 rings (SSSR count). The second-order valence-electron chi connectivity index (χ2n) is 4.41. The van der Waals surface area contributed by atoms with Crippen LogP contribution < -0.4 is 9.92 Å². The maximum absolute atomic E-state index is 12.2. The molecule has 0 heterocycles. The van der Waals surface area contributed by atoms with Gasteiger partial charge in [-0.05, 0) is 24.3 Å². The van der Waals surface area contributed by atoms with Crippen molar-refractivity contribution in [3.05, 3.63) is 64.2 Å². The van der Waals surface area contributed by atoms with Gasteiger partial charge < -0.3 is 9.92 Å². The molecule has 0 atom stereocenters. The molecule has 2 aromatic carbocycles. The van der Waals surface area contributed by atoms with Gasteiger partial charge in [-0.1, -0.05) is 12.1 Å². The third kappa shape index (κ3) is 3.71.